The van der Waals surface area contributed by atoms with E-state index in [1.54, 1.807) is 0 Å². The number of aliphatic hydroxyl groups is 3. The van der Waals surface area contributed by atoms with Crippen molar-refractivity contribution in [2.75, 3.05) is 0 Å². The number of ketones is 3. The molecule has 0 bridgehead atoms. The van der Waals surface area contributed by atoms with E-state index in [2.05, 4.69) is 0 Å². The van der Waals surface area contributed by atoms with Gasteiger partial charge in [0.25, 0.3) is 5.56 Å². The molecule has 0 radical (unpaired) electrons. The van der Waals surface area contributed by atoms with Crippen LogP contribution >= 0.6 is 0 Å². The third-order valence-corrected chi connectivity index (χ3v) is 4.51. The summed E-state index contributed by atoms with van der Waals surface area (Å²) >= 11 is 0. The second kappa shape index (κ2) is 6.36. The molecule has 2 heterocycles. The molecule has 0 aromatic carbocycles. The minimum absolute atomic E-state index is 0.573. The zero-order valence-electron chi connectivity index (χ0n) is 14.1. The Kier molecular flexibility index (Phi) is 4.85. The first kappa shape index (κ1) is 19.8. The molecule has 0 amide bonds. The van der Waals surface area contributed by atoms with Gasteiger partial charge in [0.2, 0.25) is 5.60 Å². The van der Waals surface area contributed by atoms with E-state index in [9.17, 15) is 39.3 Å². The lowest BCUT2D eigenvalue weighted by molar-refractivity contribution is -0.184. The minimum atomic E-state index is -3.02. The molecule has 0 unspecified atom stereocenters. The van der Waals surface area contributed by atoms with Gasteiger partial charge in [-0.1, -0.05) is 0 Å². The van der Waals surface area contributed by atoms with Gasteiger partial charge in [-0.3, -0.25) is 28.7 Å². The molecule has 1 aliphatic rings. The molecule has 4 N–H and O–H groups in total. The molecular weight excluding hydrogens is 352 g/mol. The maximum atomic E-state index is 12.2. The van der Waals surface area contributed by atoms with Crippen molar-refractivity contribution in [3.63, 3.8) is 0 Å². The van der Waals surface area contributed by atoms with Crippen LogP contribution in [0.2, 0.25) is 0 Å². The summed E-state index contributed by atoms with van der Waals surface area (Å²) in [5, 5.41) is 31.9. The Labute approximate surface area is 145 Å². The van der Waals surface area contributed by atoms with E-state index in [-0.39, 0.29) is 0 Å². The molecule has 26 heavy (non-hydrogen) atoms. The highest BCUT2D eigenvalue weighted by molar-refractivity contribution is 5.99. The van der Waals surface area contributed by atoms with Crippen LogP contribution < -0.4 is 11.2 Å². The number of carbonyl (C=O) groups is 3. The number of ether oxygens (including phenoxy) is 1. The average molecular weight is 370 g/mol. The van der Waals surface area contributed by atoms with Crippen LogP contribution in [0.4, 0.5) is 0 Å². The van der Waals surface area contributed by atoms with Crippen molar-refractivity contribution in [2.45, 2.75) is 50.4 Å². The van der Waals surface area contributed by atoms with Crippen LogP contribution in [0.25, 0.3) is 0 Å². The second-order valence-corrected chi connectivity index (χ2v) is 6.13. The Balaban J connectivity index is 2.79. The summed E-state index contributed by atoms with van der Waals surface area (Å²) in [4.78, 5) is 61.0. The number of hydrogen-bond donors (Lipinski definition) is 4. The van der Waals surface area contributed by atoms with Gasteiger partial charge >= 0.3 is 5.69 Å². The fourth-order valence-electron chi connectivity index (χ4n) is 3.05. The number of aromatic nitrogens is 2. The lowest BCUT2D eigenvalue weighted by Crippen LogP contribution is -2.68. The molecule has 11 heteroatoms. The van der Waals surface area contributed by atoms with Crippen molar-refractivity contribution in [1.82, 2.24) is 9.55 Å². The number of carbonyl (C=O) groups excluding carboxylic acids is 3. The Morgan fingerprint density at radius 2 is 1.69 bits per heavy atom. The highest BCUT2D eigenvalue weighted by Crippen LogP contribution is 2.47. The number of hydrogen-bond acceptors (Lipinski definition) is 9. The molecule has 1 saturated heterocycles. The number of nitrogens with zero attached hydrogens (tertiary/aromatic N) is 1. The fourth-order valence-corrected chi connectivity index (χ4v) is 3.05. The van der Waals surface area contributed by atoms with Gasteiger partial charge < -0.3 is 20.1 Å². The van der Waals surface area contributed by atoms with E-state index in [0.717, 1.165) is 33.0 Å². The van der Waals surface area contributed by atoms with Crippen LogP contribution in [0.5, 0.6) is 0 Å². The second-order valence-electron chi connectivity index (χ2n) is 6.13. The molecule has 1 aromatic heterocycles. The first-order chi connectivity index (χ1) is 11.9. The lowest BCUT2D eigenvalue weighted by Gasteiger charge is -2.37. The van der Waals surface area contributed by atoms with E-state index >= 15 is 0 Å². The average Bonchev–Trinajstić information content (AvgIpc) is 2.78. The maximum absolute atomic E-state index is 12.2. The van der Waals surface area contributed by atoms with Crippen LogP contribution in [0, 0.1) is 0 Å². The van der Waals surface area contributed by atoms with Gasteiger partial charge in [0.05, 0.1) is 0 Å². The van der Waals surface area contributed by atoms with E-state index in [0.29, 0.717) is 4.57 Å². The largest absolute Gasteiger partial charge is 0.382 e. The van der Waals surface area contributed by atoms with Crippen molar-refractivity contribution < 1.29 is 34.4 Å². The fraction of sp³-hybridized carbons (Fsp3) is 0.533. The molecule has 1 fully saturated rings. The van der Waals surface area contributed by atoms with E-state index in [4.69, 9.17) is 4.74 Å². The van der Waals surface area contributed by atoms with Crippen LogP contribution in [0.3, 0.4) is 0 Å². The third-order valence-electron chi connectivity index (χ3n) is 4.51. The smallest absolute Gasteiger partial charge is 0.330 e. The minimum Gasteiger partial charge on any atom is -0.382 e. The summed E-state index contributed by atoms with van der Waals surface area (Å²) in [6.45, 7) is 2.61. The number of rotatable bonds is 5. The van der Waals surface area contributed by atoms with Crippen molar-refractivity contribution in [3.05, 3.63) is 33.1 Å². The molecule has 1 aliphatic heterocycles. The summed E-state index contributed by atoms with van der Waals surface area (Å²) in [6, 6.07) is 0.882. The van der Waals surface area contributed by atoms with Crippen molar-refractivity contribution in [2.24, 2.45) is 0 Å². The third kappa shape index (κ3) is 2.56. The number of H-pyrrole nitrogens is 1. The first-order valence-electron chi connectivity index (χ1n) is 7.51. The highest BCUT2D eigenvalue weighted by Gasteiger charge is 2.73. The number of aromatic amines is 1. The zero-order valence-corrected chi connectivity index (χ0v) is 14.1. The number of Topliss-reactive ketones (excluding diaryl/α,β-unsaturated/α-hetero) is 3. The van der Waals surface area contributed by atoms with Crippen LogP contribution in [0.15, 0.2) is 21.9 Å². The summed E-state index contributed by atoms with van der Waals surface area (Å²) in [5.74, 6) is -3.23. The van der Waals surface area contributed by atoms with Gasteiger partial charge in [-0.05, 0) is 20.8 Å². The maximum Gasteiger partial charge on any atom is 0.330 e. The summed E-state index contributed by atoms with van der Waals surface area (Å²) in [6.07, 6.45) is -5.21. The SMILES string of the molecule is CC(=O)[C@@H](O)[C@H]1O[C@@H](n2ccc(=O)[nH]c2=O)[C@@](O)(C(C)=O)[C@@]1(O)C(C)=O. The molecule has 0 spiro atoms. The van der Waals surface area contributed by atoms with E-state index in [1.165, 1.54) is 0 Å². The molecular formula is C15H18N2O9. The summed E-state index contributed by atoms with van der Waals surface area (Å²) in [5.41, 5.74) is -7.92. The standard InChI is InChI=1S/C15H18N2O9/c1-6(18)10(22)11-14(24,7(2)19)15(25,8(3)20)12(26-11)17-5-4-9(21)16-13(17)23/h4-5,10-12,22,24-25H,1-3H3,(H,16,21,23)/t10-,11-,12-,14-,15+/m1/s1. The van der Waals surface area contributed by atoms with E-state index < -0.39 is 58.2 Å². The Morgan fingerprint density at radius 1 is 1.15 bits per heavy atom. The molecule has 142 valence electrons. The van der Waals surface area contributed by atoms with Gasteiger partial charge in [-0.15, -0.1) is 0 Å². The van der Waals surface area contributed by atoms with Gasteiger partial charge in [0, 0.05) is 12.3 Å². The first-order valence-corrected chi connectivity index (χ1v) is 7.51. The Bertz CT molecular complexity index is 888. The molecule has 5 atom stereocenters. The van der Waals surface area contributed by atoms with Gasteiger partial charge in [0.1, 0.15) is 12.2 Å². The van der Waals surface area contributed by atoms with Crippen molar-refractivity contribution in [1.29, 1.82) is 0 Å². The van der Waals surface area contributed by atoms with Gasteiger partial charge in [-0.2, -0.15) is 0 Å². The Hall–Kier alpha value is -2.47. The number of nitrogens with one attached hydrogen (secondary N) is 1. The quantitative estimate of drug-likeness (QED) is 0.421. The summed E-state index contributed by atoms with van der Waals surface area (Å²) < 4.78 is 5.85. The van der Waals surface area contributed by atoms with Crippen LogP contribution in [-0.2, 0) is 19.1 Å². The predicted octanol–water partition coefficient (Wildman–Crippen LogP) is -2.98. The lowest BCUT2D eigenvalue weighted by atomic mass is 9.73. The Morgan fingerprint density at radius 3 is 2.12 bits per heavy atom. The van der Waals surface area contributed by atoms with Crippen LogP contribution in [-0.4, -0.2) is 65.6 Å². The summed E-state index contributed by atoms with van der Waals surface area (Å²) in [7, 11) is 0. The molecule has 0 saturated carbocycles. The molecule has 2 rings (SSSR count). The van der Waals surface area contributed by atoms with E-state index in [1.807, 2.05) is 4.98 Å². The normalized spacial score (nSPS) is 32.2. The van der Waals surface area contributed by atoms with Crippen LogP contribution in [0.1, 0.15) is 27.0 Å². The number of aliphatic hydroxyl groups excluding tert-OH is 1. The molecule has 0 aliphatic carbocycles. The monoisotopic (exact) mass is 370 g/mol. The molecule has 1 aromatic rings. The zero-order chi connectivity index (χ0) is 20.0. The van der Waals surface area contributed by atoms with Gasteiger partial charge in [0.15, 0.2) is 29.2 Å². The van der Waals surface area contributed by atoms with Gasteiger partial charge in [-0.25, -0.2) is 4.79 Å². The topological polar surface area (TPSA) is 176 Å². The van der Waals surface area contributed by atoms with Crippen molar-refractivity contribution in [3.8, 4) is 0 Å². The highest BCUT2D eigenvalue weighted by atomic mass is 16.6. The molecule has 11 nitrogen and oxygen atoms in total. The predicted molar refractivity (Wildman–Crippen MR) is 83.2 cm³/mol. The van der Waals surface area contributed by atoms with Crippen molar-refractivity contribution >= 4 is 17.3 Å².